The molecule has 1 heterocycles. The fourth-order valence-corrected chi connectivity index (χ4v) is 3.10. The molecule has 96 valence electrons. The van der Waals surface area contributed by atoms with Gasteiger partial charge in [0.25, 0.3) is 0 Å². The summed E-state index contributed by atoms with van der Waals surface area (Å²) in [5, 5.41) is 0. The molecule has 0 amide bonds. The van der Waals surface area contributed by atoms with Crippen LogP contribution >= 0.6 is 11.3 Å². The molecule has 2 nitrogen and oxygen atoms in total. The average Bonchev–Trinajstić information content (AvgIpc) is 2.94. The minimum Gasteiger partial charge on any atom is -0.457 e. The van der Waals surface area contributed by atoms with Crippen molar-refractivity contribution in [3.05, 3.63) is 39.6 Å². The maximum atomic E-state index is 11.3. The molecule has 3 heteroatoms. The van der Waals surface area contributed by atoms with Gasteiger partial charge in [0.05, 0.1) is 0 Å². The molecule has 0 spiro atoms. The van der Waals surface area contributed by atoms with E-state index in [1.807, 2.05) is 0 Å². The van der Waals surface area contributed by atoms with E-state index in [4.69, 9.17) is 4.74 Å². The maximum absolute atomic E-state index is 11.3. The normalized spacial score (nSPS) is 14.4. The summed E-state index contributed by atoms with van der Waals surface area (Å²) in [4.78, 5) is 13.7. The molecule has 1 aliphatic rings. The highest BCUT2D eigenvalue weighted by atomic mass is 32.1. The fourth-order valence-electron chi connectivity index (χ4n) is 2.11. The number of rotatable bonds is 4. The van der Waals surface area contributed by atoms with E-state index in [1.54, 1.807) is 18.3 Å². The topological polar surface area (TPSA) is 26.3 Å². The van der Waals surface area contributed by atoms with Crippen LogP contribution in [0, 0.1) is 6.92 Å². The zero-order valence-corrected chi connectivity index (χ0v) is 11.7. The van der Waals surface area contributed by atoms with Gasteiger partial charge in [-0.15, -0.1) is 11.3 Å². The summed E-state index contributed by atoms with van der Waals surface area (Å²) in [6.45, 7) is 7.72. The minimum atomic E-state index is -0.317. The monoisotopic (exact) mass is 262 g/mol. The molecule has 0 unspecified atom stereocenters. The van der Waals surface area contributed by atoms with E-state index in [9.17, 15) is 4.79 Å². The predicted octanol–water partition coefficient (Wildman–Crippen LogP) is 4.24. The zero-order valence-electron chi connectivity index (χ0n) is 10.9. The SMILES string of the molecule is C=C(C)C(=O)OCc1cc(C2=CCCC2)c(C)s1. The molecule has 0 N–H and O–H groups in total. The fraction of sp³-hybridized carbons (Fsp3) is 0.400. The highest BCUT2D eigenvalue weighted by molar-refractivity contribution is 7.12. The van der Waals surface area contributed by atoms with Crippen molar-refractivity contribution in [3.63, 3.8) is 0 Å². The number of allylic oxidation sites excluding steroid dienone is 2. The van der Waals surface area contributed by atoms with E-state index in [-0.39, 0.29) is 5.97 Å². The minimum absolute atomic E-state index is 0.317. The molecule has 0 radical (unpaired) electrons. The van der Waals surface area contributed by atoms with Crippen molar-refractivity contribution < 1.29 is 9.53 Å². The van der Waals surface area contributed by atoms with Crippen molar-refractivity contribution >= 4 is 22.9 Å². The Labute approximate surface area is 112 Å². The van der Waals surface area contributed by atoms with Crippen molar-refractivity contribution in [1.82, 2.24) is 0 Å². The van der Waals surface area contributed by atoms with Gasteiger partial charge >= 0.3 is 5.97 Å². The Morgan fingerprint density at radius 2 is 2.33 bits per heavy atom. The lowest BCUT2D eigenvalue weighted by atomic mass is 10.1. The summed E-state index contributed by atoms with van der Waals surface area (Å²) in [7, 11) is 0. The van der Waals surface area contributed by atoms with Crippen LogP contribution in [0.1, 0.15) is 41.5 Å². The summed E-state index contributed by atoms with van der Waals surface area (Å²) in [5.74, 6) is -0.317. The molecule has 0 bridgehead atoms. The van der Waals surface area contributed by atoms with E-state index in [1.165, 1.54) is 35.3 Å². The number of carbonyl (C=O) groups is 1. The summed E-state index contributed by atoms with van der Waals surface area (Å²) >= 11 is 1.71. The first-order chi connectivity index (χ1) is 8.58. The summed E-state index contributed by atoms with van der Waals surface area (Å²) in [6, 6.07) is 2.16. The van der Waals surface area contributed by atoms with Gasteiger partial charge in [0.2, 0.25) is 0 Å². The smallest absolute Gasteiger partial charge is 0.333 e. The number of hydrogen-bond acceptors (Lipinski definition) is 3. The predicted molar refractivity (Wildman–Crippen MR) is 75.5 cm³/mol. The van der Waals surface area contributed by atoms with E-state index in [2.05, 4.69) is 25.6 Å². The Kier molecular flexibility index (Phi) is 4.02. The second-order valence-corrected chi connectivity index (χ2v) is 6.00. The molecule has 0 saturated carbocycles. The first-order valence-electron chi connectivity index (χ1n) is 6.19. The quantitative estimate of drug-likeness (QED) is 0.599. The summed E-state index contributed by atoms with van der Waals surface area (Å²) in [5.41, 5.74) is 3.22. The van der Waals surface area contributed by atoms with Gasteiger partial charge in [0.1, 0.15) is 6.61 Å². The molecule has 1 aromatic heterocycles. The van der Waals surface area contributed by atoms with E-state index < -0.39 is 0 Å². The van der Waals surface area contributed by atoms with E-state index in [0.717, 1.165) is 4.88 Å². The van der Waals surface area contributed by atoms with Gasteiger partial charge in [0, 0.05) is 15.3 Å². The van der Waals surface area contributed by atoms with Crippen LogP contribution in [0.3, 0.4) is 0 Å². The molecule has 18 heavy (non-hydrogen) atoms. The number of esters is 1. The van der Waals surface area contributed by atoms with Gasteiger partial charge in [-0.05, 0) is 50.3 Å². The molecule has 0 aromatic carbocycles. The highest BCUT2D eigenvalue weighted by Crippen LogP contribution is 2.34. The van der Waals surface area contributed by atoms with Crippen molar-refractivity contribution in [3.8, 4) is 0 Å². The van der Waals surface area contributed by atoms with Gasteiger partial charge in [-0.25, -0.2) is 4.79 Å². The number of hydrogen-bond donors (Lipinski definition) is 0. The average molecular weight is 262 g/mol. The molecule has 1 aromatic rings. The lowest BCUT2D eigenvalue weighted by Gasteiger charge is -2.01. The molecular formula is C15H18O2S. The van der Waals surface area contributed by atoms with Crippen LogP contribution in [0.25, 0.3) is 5.57 Å². The molecule has 0 aliphatic heterocycles. The first kappa shape index (κ1) is 13.1. The molecule has 0 saturated heterocycles. The summed E-state index contributed by atoms with van der Waals surface area (Å²) < 4.78 is 5.17. The third kappa shape index (κ3) is 2.91. The van der Waals surface area contributed by atoms with Crippen molar-refractivity contribution in [2.45, 2.75) is 39.7 Å². The van der Waals surface area contributed by atoms with Crippen molar-refractivity contribution in [2.24, 2.45) is 0 Å². The number of ether oxygens (including phenoxy) is 1. The Morgan fingerprint density at radius 1 is 1.56 bits per heavy atom. The molecule has 1 aliphatic carbocycles. The number of aryl methyl sites for hydroxylation is 1. The van der Waals surface area contributed by atoms with E-state index >= 15 is 0 Å². The Hall–Kier alpha value is -1.35. The third-order valence-electron chi connectivity index (χ3n) is 3.05. The molecule has 0 fully saturated rings. The summed E-state index contributed by atoms with van der Waals surface area (Å²) in [6.07, 6.45) is 5.93. The van der Waals surface area contributed by atoms with Crippen LogP contribution in [-0.4, -0.2) is 5.97 Å². The van der Waals surface area contributed by atoms with E-state index in [0.29, 0.717) is 12.2 Å². The van der Waals surface area contributed by atoms with Crippen LogP contribution < -0.4 is 0 Å². The van der Waals surface area contributed by atoms with Gasteiger partial charge in [-0.1, -0.05) is 12.7 Å². The van der Waals surface area contributed by atoms with Gasteiger partial charge in [-0.2, -0.15) is 0 Å². The van der Waals surface area contributed by atoms with Crippen molar-refractivity contribution in [1.29, 1.82) is 0 Å². The van der Waals surface area contributed by atoms with Crippen LogP contribution in [0.15, 0.2) is 24.3 Å². The molecule has 0 atom stereocenters. The van der Waals surface area contributed by atoms with Crippen LogP contribution in [0.2, 0.25) is 0 Å². The third-order valence-corrected chi connectivity index (χ3v) is 4.07. The maximum Gasteiger partial charge on any atom is 0.333 e. The highest BCUT2D eigenvalue weighted by Gasteiger charge is 2.14. The van der Waals surface area contributed by atoms with Crippen LogP contribution in [0.5, 0.6) is 0 Å². The first-order valence-corrected chi connectivity index (χ1v) is 7.01. The standard InChI is InChI=1S/C15H18O2S/c1-10(2)15(16)17-9-13-8-14(11(3)18-13)12-6-4-5-7-12/h6,8H,1,4-5,7,9H2,2-3H3. The Balaban J connectivity index is 2.05. The Morgan fingerprint density at radius 3 is 2.94 bits per heavy atom. The molecule has 2 rings (SSSR count). The lowest BCUT2D eigenvalue weighted by molar-refractivity contribution is -0.140. The van der Waals surface area contributed by atoms with Crippen molar-refractivity contribution in [2.75, 3.05) is 0 Å². The van der Waals surface area contributed by atoms with Crippen LogP contribution in [-0.2, 0) is 16.1 Å². The van der Waals surface area contributed by atoms with Gasteiger partial charge in [0.15, 0.2) is 0 Å². The number of thiophene rings is 1. The van der Waals surface area contributed by atoms with Gasteiger partial charge in [-0.3, -0.25) is 0 Å². The second kappa shape index (κ2) is 5.53. The van der Waals surface area contributed by atoms with Gasteiger partial charge < -0.3 is 4.74 Å². The zero-order chi connectivity index (χ0) is 13.1. The Bertz CT molecular complexity index is 509. The van der Waals surface area contributed by atoms with Crippen LogP contribution in [0.4, 0.5) is 0 Å². The second-order valence-electron chi connectivity index (χ2n) is 4.66. The lowest BCUT2D eigenvalue weighted by Crippen LogP contribution is -2.03. The molecular weight excluding hydrogens is 244 g/mol. The number of carbonyl (C=O) groups excluding carboxylic acids is 1. The largest absolute Gasteiger partial charge is 0.457 e.